The molecule has 0 radical (unpaired) electrons. The maximum Gasteiger partial charge on any atom is 0.501 e. The van der Waals surface area contributed by atoms with E-state index in [4.69, 9.17) is 18.0 Å². The highest BCUT2D eigenvalue weighted by Crippen LogP contribution is 2.18. The molecule has 0 aliphatic rings. The molecule has 0 saturated heterocycles. The molecule has 5 heteroatoms. The molecule has 0 rings (SSSR count). The van der Waals surface area contributed by atoms with E-state index in [0.717, 1.165) is 12.5 Å². The van der Waals surface area contributed by atoms with E-state index >= 15 is 0 Å². The molecule has 0 saturated carbocycles. The molecule has 0 amide bonds. The number of hydrogen-bond donors (Lipinski definition) is 0. The van der Waals surface area contributed by atoms with Crippen molar-refractivity contribution in [3.05, 3.63) is 12.3 Å². The fraction of sp³-hybridized carbons (Fsp3) is 0.833. The topological polar surface area (TPSA) is 36.9 Å². The zero-order valence-electron chi connectivity index (χ0n) is 11.5. The number of rotatable bonds is 11. The van der Waals surface area contributed by atoms with E-state index in [2.05, 4.69) is 0 Å². The number of allylic oxidation sites excluding steroid dienone is 1. The Morgan fingerprint density at radius 1 is 0.941 bits per heavy atom. The zero-order chi connectivity index (χ0) is 13.0. The zero-order valence-corrected chi connectivity index (χ0v) is 12.5. The Hall–Kier alpha value is -0.363. The van der Waals surface area contributed by atoms with E-state index in [1.54, 1.807) is 6.26 Å². The highest BCUT2D eigenvalue weighted by atomic mass is 28.4. The summed E-state index contributed by atoms with van der Waals surface area (Å²) in [5.41, 5.74) is 0. The Morgan fingerprint density at radius 2 is 1.47 bits per heavy atom. The molecule has 0 N–H and O–H groups in total. The third kappa shape index (κ3) is 7.54. The molecule has 4 nitrogen and oxygen atoms in total. The van der Waals surface area contributed by atoms with Gasteiger partial charge in [0.05, 0.1) is 12.9 Å². The summed E-state index contributed by atoms with van der Waals surface area (Å²) in [7, 11) is -2.46. The summed E-state index contributed by atoms with van der Waals surface area (Å²) in [4.78, 5) is 0. The molecule has 0 heterocycles. The van der Waals surface area contributed by atoms with Crippen LogP contribution in [0.1, 0.15) is 34.1 Å². The van der Waals surface area contributed by atoms with Crippen molar-refractivity contribution < 1.29 is 18.0 Å². The molecule has 17 heavy (non-hydrogen) atoms. The molecule has 0 fully saturated rings. The molecule has 0 aliphatic carbocycles. The summed E-state index contributed by atoms with van der Waals surface area (Å²) >= 11 is 0. The quantitative estimate of drug-likeness (QED) is 0.326. The van der Waals surface area contributed by atoms with E-state index in [1.165, 1.54) is 0 Å². The van der Waals surface area contributed by atoms with Gasteiger partial charge in [0.1, 0.15) is 0 Å². The first-order chi connectivity index (χ1) is 8.24. The van der Waals surface area contributed by atoms with Crippen molar-refractivity contribution in [3.63, 3.8) is 0 Å². The van der Waals surface area contributed by atoms with E-state index in [0.29, 0.717) is 26.4 Å². The maximum atomic E-state index is 5.74. The van der Waals surface area contributed by atoms with Gasteiger partial charge in [-0.15, -0.1) is 0 Å². The third-order valence-corrected chi connectivity index (χ3v) is 5.22. The predicted molar refractivity (Wildman–Crippen MR) is 70.8 cm³/mol. The van der Waals surface area contributed by atoms with E-state index in [9.17, 15) is 0 Å². The Kier molecular flexibility index (Phi) is 10.5. The van der Waals surface area contributed by atoms with Gasteiger partial charge in [0.2, 0.25) is 0 Å². The lowest BCUT2D eigenvalue weighted by Crippen LogP contribution is -2.46. The maximum absolute atomic E-state index is 5.74. The van der Waals surface area contributed by atoms with Gasteiger partial charge >= 0.3 is 8.80 Å². The van der Waals surface area contributed by atoms with Crippen molar-refractivity contribution in [2.24, 2.45) is 0 Å². The first-order valence-electron chi connectivity index (χ1n) is 6.39. The van der Waals surface area contributed by atoms with Crippen molar-refractivity contribution in [3.8, 4) is 0 Å². The van der Waals surface area contributed by atoms with Crippen LogP contribution in [-0.4, -0.2) is 35.2 Å². The van der Waals surface area contributed by atoms with Crippen LogP contribution < -0.4 is 0 Å². The minimum atomic E-state index is -2.46. The van der Waals surface area contributed by atoms with Gasteiger partial charge in [-0.1, -0.05) is 6.08 Å². The smallest absolute Gasteiger partial charge is 0.501 e. The average Bonchev–Trinajstić information content (AvgIpc) is 2.30. The second kappa shape index (κ2) is 10.8. The van der Waals surface area contributed by atoms with Gasteiger partial charge in [-0.2, -0.15) is 0 Å². The molecule has 102 valence electrons. The van der Waals surface area contributed by atoms with Gasteiger partial charge in [0.25, 0.3) is 0 Å². The van der Waals surface area contributed by atoms with Crippen LogP contribution in [0.2, 0.25) is 6.04 Å². The average molecular weight is 262 g/mol. The van der Waals surface area contributed by atoms with E-state index in [1.807, 2.05) is 33.8 Å². The molecule has 0 aromatic rings. The molecular weight excluding hydrogens is 236 g/mol. The van der Waals surface area contributed by atoms with Crippen LogP contribution in [0, 0.1) is 0 Å². The summed E-state index contributed by atoms with van der Waals surface area (Å²) in [6.45, 7) is 10.4. The highest BCUT2D eigenvalue weighted by molar-refractivity contribution is 6.60. The van der Waals surface area contributed by atoms with E-state index < -0.39 is 8.80 Å². The normalized spacial score (nSPS) is 12.2. The monoisotopic (exact) mass is 262 g/mol. The van der Waals surface area contributed by atoms with Gasteiger partial charge < -0.3 is 18.0 Å². The summed E-state index contributed by atoms with van der Waals surface area (Å²) in [6.07, 6.45) is 4.46. The second-order valence-corrected chi connectivity index (χ2v) is 6.16. The summed E-state index contributed by atoms with van der Waals surface area (Å²) in [6, 6.07) is 0.806. The van der Waals surface area contributed by atoms with Gasteiger partial charge in [-0.3, -0.25) is 0 Å². The van der Waals surface area contributed by atoms with Crippen LogP contribution in [-0.2, 0) is 18.0 Å². The molecule has 0 aromatic heterocycles. The largest absolute Gasteiger partial charge is 0.502 e. The van der Waals surface area contributed by atoms with Gasteiger partial charge in [-0.05, 0) is 34.1 Å². The van der Waals surface area contributed by atoms with E-state index in [-0.39, 0.29) is 0 Å². The summed E-state index contributed by atoms with van der Waals surface area (Å²) in [5.74, 6) is 0. The molecular formula is C12H26O4Si. The van der Waals surface area contributed by atoms with Crippen LogP contribution in [0.5, 0.6) is 0 Å². The lowest BCUT2D eigenvalue weighted by Gasteiger charge is -2.28. The molecule has 0 unspecified atom stereocenters. The van der Waals surface area contributed by atoms with Crippen molar-refractivity contribution in [2.75, 3.05) is 26.4 Å². The molecule has 0 aromatic carbocycles. The fourth-order valence-corrected chi connectivity index (χ4v) is 4.12. The van der Waals surface area contributed by atoms with Crippen molar-refractivity contribution in [2.45, 2.75) is 40.2 Å². The molecule has 0 atom stereocenters. The van der Waals surface area contributed by atoms with Crippen molar-refractivity contribution >= 4 is 8.80 Å². The first-order valence-corrected chi connectivity index (χ1v) is 8.32. The Balaban J connectivity index is 4.13. The third-order valence-electron chi connectivity index (χ3n) is 2.07. The minimum absolute atomic E-state index is 0.627. The Labute approximate surface area is 106 Å². The van der Waals surface area contributed by atoms with Crippen molar-refractivity contribution in [1.82, 2.24) is 0 Å². The molecule has 0 aliphatic heterocycles. The standard InChI is InChI=1S/C12H26O4Si/c1-5-10-13-11-9-12-17(14-6-2,15-7-3)16-8-4/h5,10H,6-9,11-12H2,1-4H3. The van der Waals surface area contributed by atoms with Gasteiger partial charge in [-0.25, -0.2) is 0 Å². The highest BCUT2D eigenvalue weighted by Gasteiger charge is 2.39. The summed E-state index contributed by atoms with van der Waals surface area (Å²) in [5, 5.41) is 0. The van der Waals surface area contributed by atoms with Gasteiger partial charge in [0, 0.05) is 25.9 Å². The molecule has 0 bridgehead atoms. The SMILES string of the molecule is CC=COCCC[Si](OCC)(OCC)OCC. The van der Waals surface area contributed by atoms with Crippen LogP contribution in [0.3, 0.4) is 0 Å². The molecule has 0 spiro atoms. The van der Waals surface area contributed by atoms with Crippen LogP contribution in [0.25, 0.3) is 0 Å². The summed E-state index contributed by atoms with van der Waals surface area (Å²) < 4.78 is 22.5. The predicted octanol–water partition coefficient (Wildman–Crippen LogP) is 2.98. The van der Waals surface area contributed by atoms with Gasteiger partial charge in [0.15, 0.2) is 0 Å². The van der Waals surface area contributed by atoms with Crippen LogP contribution in [0.15, 0.2) is 12.3 Å². The number of ether oxygens (including phenoxy) is 1. The lowest BCUT2D eigenvalue weighted by molar-refractivity contribution is 0.0690. The minimum Gasteiger partial charge on any atom is -0.502 e. The fourth-order valence-electron chi connectivity index (χ4n) is 1.54. The van der Waals surface area contributed by atoms with Crippen LogP contribution >= 0.6 is 0 Å². The second-order valence-electron chi connectivity index (χ2n) is 3.43. The Bertz CT molecular complexity index is 180. The first kappa shape index (κ1) is 16.6. The van der Waals surface area contributed by atoms with Crippen LogP contribution in [0.4, 0.5) is 0 Å². The number of hydrogen-bond acceptors (Lipinski definition) is 4. The lowest BCUT2D eigenvalue weighted by atomic mass is 10.5. The van der Waals surface area contributed by atoms with Crippen molar-refractivity contribution in [1.29, 1.82) is 0 Å². The Morgan fingerprint density at radius 3 is 1.88 bits per heavy atom.